The van der Waals surface area contributed by atoms with E-state index in [1.54, 1.807) is 0 Å². The first kappa shape index (κ1) is 22.2. The lowest BCUT2D eigenvalue weighted by Crippen LogP contribution is -2.23. The van der Waals surface area contributed by atoms with E-state index in [9.17, 15) is 4.79 Å². The van der Waals surface area contributed by atoms with Crippen LogP contribution in [0.15, 0.2) is 59.8 Å². The Labute approximate surface area is 183 Å². The van der Waals surface area contributed by atoms with Gasteiger partial charge in [0.25, 0.3) is 0 Å². The Hall–Kier alpha value is -2.44. The number of ketones is 1. The van der Waals surface area contributed by atoms with Crippen molar-refractivity contribution in [2.24, 2.45) is 0 Å². The summed E-state index contributed by atoms with van der Waals surface area (Å²) in [4.78, 5) is 14.9. The predicted octanol–water partition coefficient (Wildman–Crippen LogP) is 4.88. The Morgan fingerprint density at radius 2 is 1.70 bits per heavy atom. The van der Waals surface area contributed by atoms with Crippen LogP contribution < -0.4 is 0 Å². The van der Waals surface area contributed by atoms with Crippen LogP contribution in [0, 0.1) is 0 Å². The highest BCUT2D eigenvalue weighted by atomic mass is 32.2. The van der Waals surface area contributed by atoms with Crippen molar-refractivity contribution >= 4 is 17.5 Å². The van der Waals surface area contributed by atoms with Gasteiger partial charge in [-0.05, 0) is 38.1 Å². The van der Waals surface area contributed by atoms with Crippen molar-refractivity contribution in [3.63, 3.8) is 0 Å². The lowest BCUT2D eigenvalue weighted by molar-refractivity contribution is 0.102. The van der Waals surface area contributed by atoms with Crippen molar-refractivity contribution in [1.82, 2.24) is 19.7 Å². The zero-order chi connectivity index (χ0) is 21.5. The number of aryl methyl sites for hydroxylation is 1. The van der Waals surface area contributed by atoms with Crippen LogP contribution in [0.3, 0.4) is 0 Å². The molecule has 0 saturated carbocycles. The third-order valence-corrected chi connectivity index (χ3v) is 6.22. The van der Waals surface area contributed by atoms with Crippen molar-refractivity contribution in [1.29, 1.82) is 0 Å². The van der Waals surface area contributed by atoms with E-state index in [1.807, 2.05) is 42.5 Å². The Morgan fingerprint density at radius 1 is 1.00 bits per heavy atom. The molecule has 0 N–H and O–H groups in total. The van der Waals surface area contributed by atoms with E-state index < -0.39 is 0 Å². The van der Waals surface area contributed by atoms with Gasteiger partial charge in [-0.3, -0.25) is 9.69 Å². The molecule has 0 fully saturated rings. The first-order valence-corrected chi connectivity index (χ1v) is 11.4. The maximum atomic E-state index is 12.7. The lowest BCUT2D eigenvalue weighted by atomic mass is 10.1. The van der Waals surface area contributed by atoms with Gasteiger partial charge in [0.2, 0.25) is 0 Å². The fourth-order valence-electron chi connectivity index (χ4n) is 3.49. The fraction of sp³-hybridized carbons (Fsp3) is 0.375. The Bertz CT molecular complexity index is 951. The first-order valence-electron chi connectivity index (χ1n) is 10.4. The molecule has 0 aliphatic heterocycles. The zero-order valence-corrected chi connectivity index (χ0v) is 19.0. The monoisotopic (exact) mass is 422 g/mol. The van der Waals surface area contributed by atoms with Gasteiger partial charge in [-0.1, -0.05) is 80.2 Å². The molecule has 1 atom stereocenters. The number of Topliss-reactive ketones (excluding diaryl/α,β-unsaturated/α-hetero) is 1. The third-order valence-electron chi connectivity index (χ3n) is 5.25. The number of rotatable bonds is 10. The van der Waals surface area contributed by atoms with Crippen molar-refractivity contribution < 1.29 is 4.79 Å². The van der Waals surface area contributed by atoms with Gasteiger partial charge in [0.05, 0.1) is 18.3 Å². The molecule has 158 valence electrons. The molecule has 1 aromatic heterocycles. The third kappa shape index (κ3) is 5.37. The highest BCUT2D eigenvalue weighted by Crippen LogP contribution is 2.26. The van der Waals surface area contributed by atoms with E-state index in [4.69, 9.17) is 0 Å². The van der Waals surface area contributed by atoms with Gasteiger partial charge < -0.3 is 4.57 Å². The SMILES string of the molecule is CCc1ccc(C(=O)CSc2nnc([C@H](CC)N(C)C)n2Cc2ccccc2)cc1. The topological polar surface area (TPSA) is 51.0 Å². The van der Waals surface area contributed by atoms with Gasteiger partial charge in [0.15, 0.2) is 16.8 Å². The maximum Gasteiger partial charge on any atom is 0.192 e. The summed E-state index contributed by atoms with van der Waals surface area (Å²) in [6.07, 6.45) is 1.91. The van der Waals surface area contributed by atoms with E-state index in [2.05, 4.69) is 59.7 Å². The number of hydrogen-bond acceptors (Lipinski definition) is 5. The average molecular weight is 423 g/mol. The molecule has 0 aliphatic carbocycles. The van der Waals surface area contributed by atoms with Crippen LogP contribution in [0.2, 0.25) is 0 Å². The standard InChI is InChI=1S/C24H30N4OS/c1-5-18-12-14-20(15-13-18)22(29)17-30-24-26-25-23(21(6-2)27(3)4)28(24)16-19-10-8-7-9-11-19/h7-15,21H,5-6,16-17H2,1-4H3/t21-/m0/s1. The average Bonchev–Trinajstić information content (AvgIpc) is 3.15. The molecular formula is C24H30N4OS. The van der Waals surface area contributed by atoms with Gasteiger partial charge in [-0.25, -0.2) is 0 Å². The molecule has 0 amide bonds. The quantitative estimate of drug-likeness (QED) is 0.344. The van der Waals surface area contributed by atoms with Gasteiger partial charge in [0, 0.05) is 5.56 Å². The van der Waals surface area contributed by atoms with E-state index in [1.165, 1.54) is 22.9 Å². The molecule has 0 unspecified atom stereocenters. The number of nitrogens with zero attached hydrogens (tertiary/aromatic N) is 4. The summed E-state index contributed by atoms with van der Waals surface area (Å²) >= 11 is 1.46. The Kier molecular flexibility index (Phi) is 7.82. The van der Waals surface area contributed by atoms with Gasteiger partial charge in [-0.2, -0.15) is 0 Å². The highest BCUT2D eigenvalue weighted by molar-refractivity contribution is 7.99. The largest absolute Gasteiger partial charge is 0.300 e. The molecule has 6 heteroatoms. The number of hydrogen-bond donors (Lipinski definition) is 0. The number of aromatic nitrogens is 3. The summed E-state index contributed by atoms with van der Waals surface area (Å²) in [5.74, 6) is 1.39. The number of thioether (sulfide) groups is 1. The summed E-state index contributed by atoms with van der Waals surface area (Å²) in [6.45, 7) is 4.96. The van der Waals surface area contributed by atoms with E-state index in [0.29, 0.717) is 12.3 Å². The van der Waals surface area contributed by atoms with Crippen LogP contribution in [0.25, 0.3) is 0 Å². The van der Waals surface area contributed by atoms with Crippen molar-refractivity contribution in [2.45, 2.75) is 44.4 Å². The molecule has 2 aromatic carbocycles. The molecule has 1 heterocycles. The Morgan fingerprint density at radius 3 is 2.30 bits per heavy atom. The van der Waals surface area contributed by atoms with Crippen LogP contribution in [-0.4, -0.2) is 45.3 Å². The van der Waals surface area contributed by atoms with Crippen LogP contribution in [-0.2, 0) is 13.0 Å². The van der Waals surface area contributed by atoms with Crippen LogP contribution >= 0.6 is 11.8 Å². The number of carbonyl (C=O) groups excluding carboxylic acids is 1. The maximum absolute atomic E-state index is 12.7. The zero-order valence-electron chi connectivity index (χ0n) is 18.2. The minimum atomic E-state index is 0.109. The summed E-state index contributed by atoms with van der Waals surface area (Å²) in [5, 5.41) is 9.76. The van der Waals surface area contributed by atoms with Crippen molar-refractivity contribution in [3.8, 4) is 0 Å². The molecule has 3 aromatic rings. The molecular weight excluding hydrogens is 392 g/mol. The molecule has 0 aliphatic rings. The fourth-order valence-corrected chi connectivity index (χ4v) is 4.33. The second-order valence-electron chi connectivity index (χ2n) is 7.56. The number of carbonyl (C=O) groups is 1. The smallest absolute Gasteiger partial charge is 0.192 e. The minimum absolute atomic E-state index is 0.109. The van der Waals surface area contributed by atoms with Crippen LogP contribution in [0.4, 0.5) is 0 Å². The van der Waals surface area contributed by atoms with Gasteiger partial charge in [-0.15, -0.1) is 10.2 Å². The van der Waals surface area contributed by atoms with E-state index >= 15 is 0 Å². The summed E-state index contributed by atoms with van der Waals surface area (Å²) in [7, 11) is 4.12. The lowest BCUT2D eigenvalue weighted by Gasteiger charge is -2.23. The van der Waals surface area contributed by atoms with Gasteiger partial charge >= 0.3 is 0 Å². The molecule has 5 nitrogen and oxygen atoms in total. The minimum Gasteiger partial charge on any atom is -0.300 e. The van der Waals surface area contributed by atoms with Crippen LogP contribution in [0.1, 0.15) is 53.6 Å². The molecule has 0 radical (unpaired) electrons. The van der Waals surface area contributed by atoms with E-state index in [-0.39, 0.29) is 11.8 Å². The summed E-state index contributed by atoms with van der Waals surface area (Å²) < 4.78 is 2.15. The molecule has 0 spiro atoms. The Balaban J connectivity index is 1.82. The highest BCUT2D eigenvalue weighted by Gasteiger charge is 2.22. The predicted molar refractivity (Wildman–Crippen MR) is 123 cm³/mol. The number of benzene rings is 2. The normalized spacial score (nSPS) is 12.3. The van der Waals surface area contributed by atoms with Crippen molar-refractivity contribution in [3.05, 3.63) is 77.1 Å². The van der Waals surface area contributed by atoms with Crippen LogP contribution in [0.5, 0.6) is 0 Å². The molecule has 30 heavy (non-hydrogen) atoms. The van der Waals surface area contributed by atoms with E-state index in [0.717, 1.165) is 29.4 Å². The molecule has 3 rings (SSSR count). The molecule has 0 saturated heterocycles. The second kappa shape index (κ2) is 10.5. The summed E-state index contributed by atoms with van der Waals surface area (Å²) in [5.41, 5.74) is 3.17. The van der Waals surface area contributed by atoms with Crippen molar-refractivity contribution in [2.75, 3.05) is 19.8 Å². The first-order chi connectivity index (χ1) is 14.5. The second-order valence-corrected chi connectivity index (χ2v) is 8.51. The summed E-state index contributed by atoms with van der Waals surface area (Å²) in [6, 6.07) is 18.4. The molecule has 0 bridgehead atoms. The van der Waals surface area contributed by atoms with Gasteiger partial charge in [0.1, 0.15) is 0 Å².